The summed E-state index contributed by atoms with van der Waals surface area (Å²) in [6, 6.07) is 9.01. The molecule has 1 aliphatic rings. The summed E-state index contributed by atoms with van der Waals surface area (Å²) < 4.78 is 0. The summed E-state index contributed by atoms with van der Waals surface area (Å²) >= 11 is 0. The summed E-state index contributed by atoms with van der Waals surface area (Å²) in [5.41, 5.74) is 2.24. The minimum absolute atomic E-state index is 0. The van der Waals surface area contributed by atoms with Gasteiger partial charge in [-0.3, -0.25) is 9.69 Å². The van der Waals surface area contributed by atoms with Crippen LogP contribution in [0.15, 0.2) is 29.3 Å². The van der Waals surface area contributed by atoms with Crippen molar-refractivity contribution in [3.8, 4) is 0 Å². The Kier molecular flexibility index (Phi) is 11.8. The second-order valence-corrected chi connectivity index (χ2v) is 9.01. The van der Waals surface area contributed by atoms with Gasteiger partial charge in [-0.1, -0.05) is 37.1 Å². The molecule has 1 saturated carbocycles. The lowest BCUT2D eigenvalue weighted by Gasteiger charge is -2.31. The van der Waals surface area contributed by atoms with Crippen molar-refractivity contribution in [2.75, 3.05) is 34.2 Å². The highest BCUT2D eigenvalue weighted by molar-refractivity contribution is 14.0. The van der Waals surface area contributed by atoms with Gasteiger partial charge in [-0.25, -0.2) is 4.99 Å². The van der Waals surface area contributed by atoms with Crippen molar-refractivity contribution in [3.63, 3.8) is 0 Å². The minimum Gasteiger partial charge on any atom is -0.357 e. The molecule has 1 amide bonds. The average Bonchev–Trinajstić information content (AvgIpc) is 3.20. The fourth-order valence-electron chi connectivity index (χ4n) is 4.07. The third-order valence-electron chi connectivity index (χ3n) is 6.19. The molecule has 0 heterocycles. The standard InChI is InChI=1S/C24H41N5O.HI/c1-7-25-23(27-18-24(14-10-11-15-24)22(30)28(4)5)26-16-20-12-8-9-13-21(20)17-29(6)19(2)3;/h8-9,12-13,19H,7,10-11,14-18H2,1-6H3,(H2,25,26,27);1H. The Labute approximate surface area is 206 Å². The van der Waals surface area contributed by atoms with Crippen molar-refractivity contribution in [2.24, 2.45) is 10.4 Å². The monoisotopic (exact) mass is 543 g/mol. The second kappa shape index (κ2) is 13.3. The molecule has 2 rings (SSSR count). The van der Waals surface area contributed by atoms with Gasteiger partial charge in [0, 0.05) is 39.8 Å². The molecule has 31 heavy (non-hydrogen) atoms. The first-order valence-electron chi connectivity index (χ1n) is 11.3. The van der Waals surface area contributed by atoms with Crippen LogP contribution in [0.25, 0.3) is 0 Å². The lowest BCUT2D eigenvalue weighted by Crippen LogP contribution is -2.49. The minimum atomic E-state index is -0.308. The maximum atomic E-state index is 12.8. The van der Waals surface area contributed by atoms with Crippen LogP contribution in [0.1, 0.15) is 57.6 Å². The highest BCUT2D eigenvalue weighted by Crippen LogP contribution is 2.38. The Hall–Kier alpha value is -1.35. The van der Waals surface area contributed by atoms with Gasteiger partial charge in [-0.05, 0) is 51.8 Å². The van der Waals surface area contributed by atoms with Crippen molar-refractivity contribution >= 4 is 35.8 Å². The normalized spacial score (nSPS) is 15.7. The Morgan fingerprint density at radius 2 is 1.71 bits per heavy atom. The van der Waals surface area contributed by atoms with Gasteiger partial charge < -0.3 is 15.5 Å². The number of rotatable bonds is 9. The van der Waals surface area contributed by atoms with Crippen molar-refractivity contribution in [2.45, 2.75) is 65.6 Å². The van der Waals surface area contributed by atoms with Crippen LogP contribution in [0.2, 0.25) is 0 Å². The number of hydrogen-bond acceptors (Lipinski definition) is 3. The summed E-state index contributed by atoms with van der Waals surface area (Å²) in [5, 5.41) is 6.81. The molecule has 7 heteroatoms. The molecule has 1 aromatic rings. The molecule has 0 aromatic heterocycles. The Balaban J connectivity index is 0.00000480. The van der Waals surface area contributed by atoms with E-state index in [2.05, 4.69) is 67.6 Å². The van der Waals surface area contributed by atoms with Crippen molar-refractivity contribution in [3.05, 3.63) is 35.4 Å². The maximum absolute atomic E-state index is 12.8. The number of amides is 1. The molecule has 0 bridgehead atoms. The molecule has 0 saturated heterocycles. The zero-order valence-electron chi connectivity index (χ0n) is 20.2. The maximum Gasteiger partial charge on any atom is 0.230 e. The van der Waals surface area contributed by atoms with E-state index in [1.807, 2.05) is 14.1 Å². The van der Waals surface area contributed by atoms with E-state index in [0.717, 1.165) is 44.7 Å². The first-order valence-corrected chi connectivity index (χ1v) is 11.3. The summed E-state index contributed by atoms with van der Waals surface area (Å²) in [5.74, 6) is 1.01. The van der Waals surface area contributed by atoms with Gasteiger partial charge in [0.25, 0.3) is 0 Å². The van der Waals surface area contributed by atoms with Gasteiger partial charge in [0.05, 0.1) is 12.0 Å². The number of hydrogen-bond donors (Lipinski definition) is 2. The molecule has 0 radical (unpaired) electrons. The van der Waals surface area contributed by atoms with Crippen LogP contribution < -0.4 is 10.6 Å². The van der Waals surface area contributed by atoms with Crippen LogP contribution >= 0.6 is 24.0 Å². The molecule has 0 spiro atoms. The molecule has 0 unspecified atom stereocenters. The van der Waals surface area contributed by atoms with Gasteiger partial charge in [-0.15, -0.1) is 24.0 Å². The van der Waals surface area contributed by atoms with Crippen LogP contribution in [0, 0.1) is 5.41 Å². The molecule has 1 aromatic carbocycles. The van der Waals surface area contributed by atoms with E-state index < -0.39 is 0 Å². The zero-order chi connectivity index (χ0) is 22.1. The van der Waals surface area contributed by atoms with E-state index >= 15 is 0 Å². The second-order valence-electron chi connectivity index (χ2n) is 9.01. The number of halogens is 1. The van der Waals surface area contributed by atoms with Gasteiger partial charge in [0.2, 0.25) is 5.91 Å². The Bertz CT molecular complexity index is 714. The van der Waals surface area contributed by atoms with Gasteiger partial charge in [0.15, 0.2) is 5.96 Å². The fourth-order valence-corrected chi connectivity index (χ4v) is 4.07. The summed E-state index contributed by atoms with van der Waals surface area (Å²) in [6.45, 7) is 9.44. The van der Waals surface area contributed by atoms with Crippen molar-refractivity contribution < 1.29 is 4.79 Å². The van der Waals surface area contributed by atoms with Crippen LogP contribution in [0.4, 0.5) is 0 Å². The molecule has 1 aliphatic carbocycles. The third-order valence-corrected chi connectivity index (χ3v) is 6.19. The number of aliphatic imine (C=N–C) groups is 1. The average molecular weight is 544 g/mol. The molecule has 2 N–H and O–H groups in total. The summed E-state index contributed by atoms with van der Waals surface area (Å²) in [7, 11) is 5.86. The predicted octanol–water partition coefficient (Wildman–Crippen LogP) is 3.85. The largest absolute Gasteiger partial charge is 0.357 e. The Morgan fingerprint density at radius 1 is 1.10 bits per heavy atom. The smallest absolute Gasteiger partial charge is 0.230 e. The number of carbonyl (C=O) groups is 1. The lowest BCUT2D eigenvalue weighted by atomic mass is 9.84. The summed E-state index contributed by atoms with van der Waals surface area (Å²) in [6.07, 6.45) is 4.12. The van der Waals surface area contributed by atoms with E-state index in [1.165, 1.54) is 11.1 Å². The number of nitrogens with one attached hydrogen (secondary N) is 2. The number of nitrogens with zero attached hydrogens (tertiary/aromatic N) is 3. The highest BCUT2D eigenvalue weighted by Gasteiger charge is 2.42. The SMILES string of the molecule is CCNC(=NCc1ccccc1CN(C)C(C)C)NCC1(C(=O)N(C)C)CCCC1.I. The van der Waals surface area contributed by atoms with Crippen molar-refractivity contribution in [1.82, 2.24) is 20.4 Å². The van der Waals surface area contributed by atoms with E-state index in [1.54, 1.807) is 4.90 Å². The summed E-state index contributed by atoms with van der Waals surface area (Å²) in [4.78, 5) is 21.8. The van der Waals surface area contributed by atoms with Gasteiger partial charge in [0.1, 0.15) is 0 Å². The van der Waals surface area contributed by atoms with Crippen molar-refractivity contribution in [1.29, 1.82) is 0 Å². The zero-order valence-corrected chi connectivity index (χ0v) is 22.5. The molecule has 176 valence electrons. The molecule has 0 aliphatic heterocycles. The van der Waals surface area contributed by atoms with Crippen LogP contribution in [0.3, 0.4) is 0 Å². The third kappa shape index (κ3) is 7.93. The van der Waals surface area contributed by atoms with E-state index in [0.29, 0.717) is 19.1 Å². The lowest BCUT2D eigenvalue weighted by molar-refractivity contribution is -0.138. The van der Waals surface area contributed by atoms with E-state index in [4.69, 9.17) is 4.99 Å². The van der Waals surface area contributed by atoms with E-state index in [9.17, 15) is 4.79 Å². The molecule has 0 atom stereocenters. The molecule has 6 nitrogen and oxygen atoms in total. The Morgan fingerprint density at radius 3 is 2.26 bits per heavy atom. The predicted molar refractivity (Wildman–Crippen MR) is 141 cm³/mol. The number of benzene rings is 1. The highest BCUT2D eigenvalue weighted by atomic mass is 127. The fraction of sp³-hybridized carbons (Fsp3) is 0.667. The molecule has 1 fully saturated rings. The van der Waals surface area contributed by atoms with Crippen LogP contribution in [-0.2, 0) is 17.9 Å². The van der Waals surface area contributed by atoms with Gasteiger partial charge >= 0.3 is 0 Å². The van der Waals surface area contributed by atoms with Crippen LogP contribution in [-0.4, -0.2) is 61.9 Å². The van der Waals surface area contributed by atoms with Gasteiger partial charge in [-0.2, -0.15) is 0 Å². The van der Waals surface area contributed by atoms with E-state index in [-0.39, 0.29) is 35.3 Å². The quantitative estimate of drug-likeness (QED) is 0.282. The molecular weight excluding hydrogens is 501 g/mol. The first kappa shape index (κ1) is 27.7. The first-order chi connectivity index (χ1) is 14.3. The van der Waals surface area contributed by atoms with Crippen LogP contribution in [0.5, 0.6) is 0 Å². The number of guanidine groups is 1. The topological polar surface area (TPSA) is 60.0 Å². The number of carbonyl (C=O) groups excluding carboxylic acids is 1. The molecular formula is C24H42IN5O.